The molecule has 0 aromatic rings. The van der Waals surface area contributed by atoms with Crippen LogP contribution in [0, 0.1) is 0 Å². The van der Waals surface area contributed by atoms with Gasteiger partial charge in [-0.25, -0.2) is 0 Å². The Hall–Kier alpha value is -0.475. The van der Waals surface area contributed by atoms with Crippen LogP contribution in [-0.4, -0.2) is 25.4 Å². The first-order valence-corrected chi connectivity index (χ1v) is 4.52. The maximum atomic E-state index is 5.73. The summed E-state index contributed by atoms with van der Waals surface area (Å²) in [5.41, 5.74) is 0.202. The molecule has 0 aliphatic carbocycles. The Balaban J connectivity index is 2.76. The van der Waals surface area contributed by atoms with Gasteiger partial charge in [-0.1, -0.05) is 6.58 Å². The fraction of sp³-hybridized carbons (Fsp3) is 0.778. The van der Waals surface area contributed by atoms with E-state index >= 15 is 0 Å². The summed E-state index contributed by atoms with van der Waals surface area (Å²) >= 11 is 0. The van der Waals surface area contributed by atoms with Gasteiger partial charge < -0.3 is 14.6 Å². The molecule has 74 valence electrons. The monoisotopic (exact) mass is 183 g/mol. The summed E-state index contributed by atoms with van der Waals surface area (Å²) in [6, 6.07) is 0. The molecule has 0 unspecified atom stereocenters. The van der Waals surface area contributed by atoms with Crippen molar-refractivity contribution in [3.05, 3.63) is 12.2 Å². The van der Waals surface area contributed by atoms with Gasteiger partial charge in [0.15, 0.2) is 0 Å². The van der Waals surface area contributed by atoms with E-state index in [0.717, 1.165) is 5.60 Å². The molecule has 4 heteroatoms. The summed E-state index contributed by atoms with van der Waals surface area (Å²) in [5.74, 6) is 0. The van der Waals surface area contributed by atoms with Gasteiger partial charge in [0, 0.05) is 12.6 Å². The lowest BCUT2D eigenvalue weighted by molar-refractivity contribution is 0.00578. The van der Waals surface area contributed by atoms with Crippen LogP contribution in [0.5, 0.6) is 0 Å². The molecular weight excluding hydrogens is 165 g/mol. The molecule has 0 atom stereocenters. The average Bonchev–Trinajstić information content (AvgIpc) is 2.20. The van der Waals surface area contributed by atoms with Crippen LogP contribution in [0.25, 0.3) is 0 Å². The van der Waals surface area contributed by atoms with Crippen molar-refractivity contribution in [3.8, 4) is 0 Å². The molecule has 1 aliphatic heterocycles. The van der Waals surface area contributed by atoms with E-state index in [1.54, 1.807) is 0 Å². The quantitative estimate of drug-likeness (QED) is 0.655. The van der Waals surface area contributed by atoms with Gasteiger partial charge in [-0.05, 0) is 27.7 Å². The number of hydrogen-bond acceptors (Lipinski definition) is 3. The molecule has 1 rings (SSSR count). The highest BCUT2D eigenvalue weighted by molar-refractivity contribution is 6.54. The fourth-order valence-electron chi connectivity index (χ4n) is 1.10. The summed E-state index contributed by atoms with van der Waals surface area (Å²) in [6.07, 6.45) is 0. The van der Waals surface area contributed by atoms with E-state index in [-0.39, 0.29) is 18.3 Å². The average molecular weight is 183 g/mol. The van der Waals surface area contributed by atoms with Crippen molar-refractivity contribution in [1.82, 2.24) is 5.32 Å². The smallest absolute Gasteiger partial charge is 0.398 e. The lowest BCUT2D eigenvalue weighted by atomic mass is 9.86. The van der Waals surface area contributed by atoms with Crippen LogP contribution in [0.1, 0.15) is 27.7 Å². The summed E-state index contributed by atoms with van der Waals surface area (Å²) < 4.78 is 11.5. The van der Waals surface area contributed by atoms with E-state index in [1.807, 2.05) is 34.7 Å². The maximum Gasteiger partial charge on any atom is 0.511 e. The van der Waals surface area contributed by atoms with E-state index < -0.39 is 0 Å². The van der Waals surface area contributed by atoms with Crippen molar-refractivity contribution in [2.24, 2.45) is 0 Å². The van der Waals surface area contributed by atoms with Crippen LogP contribution in [0.15, 0.2) is 12.2 Å². The van der Waals surface area contributed by atoms with Gasteiger partial charge in [-0.3, -0.25) is 0 Å². The van der Waals surface area contributed by atoms with E-state index in [9.17, 15) is 0 Å². The van der Waals surface area contributed by atoms with Crippen molar-refractivity contribution in [2.75, 3.05) is 7.05 Å². The van der Waals surface area contributed by atoms with Gasteiger partial charge in [-0.15, -0.1) is 0 Å². The predicted octanol–water partition coefficient (Wildman–Crippen LogP) is 1.35. The Labute approximate surface area is 80.6 Å². The van der Waals surface area contributed by atoms with Gasteiger partial charge >= 0.3 is 7.12 Å². The fourth-order valence-corrected chi connectivity index (χ4v) is 1.10. The van der Waals surface area contributed by atoms with Gasteiger partial charge in [-0.2, -0.15) is 0 Å². The molecule has 3 nitrogen and oxygen atoms in total. The Morgan fingerprint density at radius 1 is 1.15 bits per heavy atom. The highest BCUT2D eigenvalue weighted by atomic mass is 16.7. The van der Waals surface area contributed by atoms with E-state index in [2.05, 4.69) is 11.9 Å². The third kappa shape index (κ3) is 1.74. The first kappa shape index (κ1) is 10.6. The van der Waals surface area contributed by atoms with Crippen molar-refractivity contribution in [2.45, 2.75) is 38.9 Å². The van der Waals surface area contributed by atoms with Gasteiger partial charge in [0.25, 0.3) is 0 Å². The first-order valence-electron chi connectivity index (χ1n) is 4.52. The zero-order valence-electron chi connectivity index (χ0n) is 9.10. The molecule has 1 heterocycles. The highest BCUT2D eigenvalue weighted by Crippen LogP contribution is 2.37. The predicted molar refractivity (Wildman–Crippen MR) is 54.3 cm³/mol. The molecule has 1 saturated heterocycles. The van der Waals surface area contributed by atoms with E-state index in [4.69, 9.17) is 9.31 Å². The molecule has 0 spiro atoms. The Bertz CT molecular complexity index is 210. The molecule has 13 heavy (non-hydrogen) atoms. The number of nitrogens with one attached hydrogen (secondary N) is 1. The molecule has 1 N–H and O–H groups in total. The largest absolute Gasteiger partial charge is 0.511 e. The zero-order chi connectivity index (χ0) is 10.3. The minimum atomic E-state index is -0.338. The van der Waals surface area contributed by atoms with E-state index in [0.29, 0.717) is 0 Å². The third-order valence-electron chi connectivity index (χ3n) is 2.86. The van der Waals surface area contributed by atoms with Crippen molar-refractivity contribution in [1.29, 1.82) is 0 Å². The Morgan fingerprint density at radius 3 is 1.85 bits per heavy atom. The first-order chi connectivity index (χ1) is 5.80. The standard InChI is InChI=1S/C9H18BNO2/c1-7(11-6)10-12-8(2,3)9(4,5)13-10/h11H,1H2,2-6H3. The molecule has 0 amide bonds. The number of hydrogen-bond donors (Lipinski definition) is 1. The van der Waals surface area contributed by atoms with Gasteiger partial charge in [0.05, 0.1) is 11.2 Å². The third-order valence-corrected chi connectivity index (χ3v) is 2.86. The number of rotatable bonds is 2. The normalized spacial score (nSPS) is 24.5. The highest BCUT2D eigenvalue weighted by Gasteiger charge is 2.52. The molecule has 0 aromatic heterocycles. The molecule has 0 aromatic carbocycles. The van der Waals surface area contributed by atoms with Crippen LogP contribution in [-0.2, 0) is 9.31 Å². The second-order valence-electron chi connectivity index (χ2n) is 4.36. The molecule has 1 aliphatic rings. The zero-order valence-corrected chi connectivity index (χ0v) is 9.10. The van der Waals surface area contributed by atoms with Crippen LogP contribution < -0.4 is 5.32 Å². The van der Waals surface area contributed by atoms with Crippen LogP contribution in [0.2, 0.25) is 0 Å². The van der Waals surface area contributed by atoms with Crippen molar-refractivity contribution >= 4 is 7.12 Å². The molecule has 0 saturated carbocycles. The minimum Gasteiger partial charge on any atom is -0.398 e. The molecule has 0 radical (unpaired) electrons. The van der Waals surface area contributed by atoms with E-state index in [1.165, 1.54) is 0 Å². The van der Waals surface area contributed by atoms with Crippen molar-refractivity contribution < 1.29 is 9.31 Å². The van der Waals surface area contributed by atoms with Gasteiger partial charge in [0.2, 0.25) is 0 Å². The van der Waals surface area contributed by atoms with Crippen molar-refractivity contribution in [3.63, 3.8) is 0 Å². The summed E-state index contributed by atoms with van der Waals surface area (Å²) in [7, 11) is 1.47. The summed E-state index contributed by atoms with van der Waals surface area (Å²) in [5, 5.41) is 2.94. The lowest BCUT2D eigenvalue weighted by Crippen LogP contribution is -2.41. The van der Waals surface area contributed by atoms with Crippen LogP contribution in [0.4, 0.5) is 0 Å². The minimum absolute atomic E-state index is 0.280. The second kappa shape index (κ2) is 3.03. The lowest BCUT2D eigenvalue weighted by Gasteiger charge is -2.32. The maximum absolute atomic E-state index is 5.73. The molecular formula is C9H18BNO2. The summed E-state index contributed by atoms with van der Waals surface area (Å²) in [4.78, 5) is 0. The SMILES string of the molecule is C=C(NC)B1OC(C)(C)C(C)(C)O1. The Morgan fingerprint density at radius 2 is 1.54 bits per heavy atom. The second-order valence-corrected chi connectivity index (χ2v) is 4.36. The van der Waals surface area contributed by atoms with Crippen LogP contribution in [0.3, 0.4) is 0 Å². The Kier molecular flexibility index (Phi) is 2.47. The summed E-state index contributed by atoms with van der Waals surface area (Å²) in [6.45, 7) is 11.9. The topological polar surface area (TPSA) is 30.5 Å². The van der Waals surface area contributed by atoms with Gasteiger partial charge in [0.1, 0.15) is 0 Å². The van der Waals surface area contributed by atoms with Crippen LogP contribution >= 0.6 is 0 Å². The molecule has 1 fully saturated rings. The molecule has 0 bridgehead atoms.